The lowest BCUT2D eigenvalue weighted by molar-refractivity contribution is -0.148. The van der Waals surface area contributed by atoms with Crippen molar-refractivity contribution in [2.75, 3.05) is 19.7 Å². The van der Waals surface area contributed by atoms with Gasteiger partial charge in [0.2, 0.25) is 0 Å². The number of urea groups is 1. The second-order valence-electron chi connectivity index (χ2n) is 5.21. The molecule has 9 nitrogen and oxygen atoms in total. The Balaban J connectivity index is 1.81. The Morgan fingerprint density at radius 3 is 2.24 bits per heavy atom. The van der Waals surface area contributed by atoms with Gasteiger partial charge in [-0.05, 0) is 18.6 Å². The first-order chi connectivity index (χ1) is 11.9. The van der Waals surface area contributed by atoms with Crippen LogP contribution in [0.15, 0.2) is 24.3 Å². The number of amides is 5. The van der Waals surface area contributed by atoms with E-state index in [1.54, 1.807) is 12.1 Å². The summed E-state index contributed by atoms with van der Waals surface area (Å²) in [6.07, 6.45) is 0.705. The van der Waals surface area contributed by atoms with Gasteiger partial charge in [0.15, 0.2) is 6.61 Å². The maximum atomic E-state index is 12.1. The first-order valence-corrected chi connectivity index (χ1v) is 7.62. The van der Waals surface area contributed by atoms with Crippen molar-refractivity contribution in [2.24, 2.45) is 0 Å². The molecular formula is C16H17N3O6. The number of fused-ring (bicyclic) bond motifs is 1. The highest BCUT2D eigenvalue weighted by atomic mass is 16.5. The predicted molar refractivity (Wildman–Crippen MR) is 84.6 cm³/mol. The van der Waals surface area contributed by atoms with Gasteiger partial charge in [-0.15, -0.1) is 0 Å². The number of esters is 1. The van der Waals surface area contributed by atoms with Crippen LogP contribution >= 0.6 is 0 Å². The molecule has 1 aromatic rings. The fraction of sp³-hybridized carbons (Fsp3) is 0.312. The quantitative estimate of drug-likeness (QED) is 0.554. The highest BCUT2D eigenvalue weighted by Crippen LogP contribution is 2.21. The summed E-state index contributed by atoms with van der Waals surface area (Å²) in [7, 11) is 0. The summed E-state index contributed by atoms with van der Waals surface area (Å²) < 4.78 is 4.69. The van der Waals surface area contributed by atoms with E-state index in [9.17, 15) is 24.0 Å². The SMILES string of the molecule is CCCNC(=O)NC(=O)COC(=O)CN1C(=O)c2ccccc2C1=O. The number of hydrogen-bond acceptors (Lipinski definition) is 6. The fourth-order valence-electron chi connectivity index (χ4n) is 2.15. The van der Waals surface area contributed by atoms with E-state index in [0.29, 0.717) is 13.0 Å². The van der Waals surface area contributed by atoms with Crippen molar-refractivity contribution < 1.29 is 28.7 Å². The van der Waals surface area contributed by atoms with Crippen molar-refractivity contribution in [2.45, 2.75) is 13.3 Å². The number of nitrogens with one attached hydrogen (secondary N) is 2. The van der Waals surface area contributed by atoms with Crippen LogP contribution in [0, 0.1) is 0 Å². The highest BCUT2D eigenvalue weighted by molar-refractivity contribution is 6.22. The normalized spacial score (nSPS) is 12.6. The lowest BCUT2D eigenvalue weighted by Crippen LogP contribution is -2.42. The Hall–Kier alpha value is -3.23. The van der Waals surface area contributed by atoms with Crippen LogP contribution in [0.4, 0.5) is 4.79 Å². The number of ether oxygens (including phenoxy) is 1. The third-order valence-corrected chi connectivity index (χ3v) is 3.32. The van der Waals surface area contributed by atoms with Crippen LogP contribution in [0.2, 0.25) is 0 Å². The van der Waals surface area contributed by atoms with Crippen LogP contribution in [0.5, 0.6) is 0 Å². The maximum Gasteiger partial charge on any atom is 0.326 e. The van der Waals surface area contributed by atoms with E-state index >= 15 is 0 Å². The van der Waals surface area contributed by atoms with E-state index in [4.69, 9.17) is 0 Å². The summed E-state index contributed by atoms with van der Waals surface area (Å²) in [6.45, 7) is 0.949. The van der Waals surface area contributed by atoms with Gasteiger partial charge in [0, 0.05) is 6.54 Å². The molecule has 0 aliphatic carbocycles. The maximum absolute atomic E-state index is 12.1. The van der Waals surface area contributed by atoms with Gasteiger partial charge in [-0.3, -0.25) is 29.4 Å². The molecule has 5 amide bonds. The van der Waals surface area contributed by atoms with Crippen LogP contribution in [-0.4, -0.2) is 54.3 Å². The summed E-state index contributed by atoms with van der Waals surface area (Å²) in [5, 5.41) is 4.40. The van der Waals surface area contributed by atoms with E-state index in [1.807, 2.05) is 12.2 Å². The Bertz CT molecular complexity index is 695. The molecule has 25 heavy (non-hydrogen) atoms. The van der Waals surface area contributed by atoms with Gasteiger partial charge >= 0.3 is 12.0 Å². The molecule has 0 aromatic heterocycles. The number of benzene rings is 1. The Kier molecular flexibility index (Phi) is 5.83. The van der Waals surface area contributed by atoms with Gasteiger partial charge < -0.3 is 10.1 Å². The van der Waals surface area contributed by atoms with Crippen molar-refractivity contribution in [3.63, 3.8) is 0 Å². The third kappa shape index (κ3) is 4.40. The lowest BCUT2D eigenvalue weighted by Gasteiger charge is -2.13. The average molecular weight is 347 g/mol. The lowest BCUT2D eigenvalue weighted by atomic mass is 10.1. The molecule has 1 heterocycles. The molecule has 0 spiro atoms. The zero-order valence-electron chi connectivity index (χ0n) is 13.5. The van der Waals surface area contributed by atoms with Gasteiger partial charge in [0.25, 0.3) is 17.7 Å². The highest BCUT2D eigenvalue weighted by Gasteiger charge is 2.36. The Morgan fingerprint density at radius 2 is 1.68 bits per heavy atom. The van der Waals surface area contributed by atoms with Crippen LogP contribution in [0.25, 0.3) is 0 Å². The van der Waals surface area contributed by atoms with Crippen molar-refractivity contribution in [1.82, 2.24) is 15.5 Å². The molecule has 1 aliphatic rings. The van der Waals surface area contributed by atoms with Gasteiger partial charge in [-0.1, -0.05) is 19.1 Å². The predicted octanol–water partition coefficient (Wildman–Crippen LogP) is 0.0616. The Labute approximate surface area is 143 Å². The zero-order valence-corrected chi connectivity index (χ0v) is 13.5. The number of hydrogen-bond donors (Lipinski definition) is 2. The molecule has 2 N–H and O–H groups in total. The van der Waals surface area contributed by atoms with Gasteiger partial charge in [0.1, 0.15) is 6.54 Å². The molecule has 0 atom stereocenters. The minimum atomic E-state index is -0.932. The molecule has 9 heteroatoms. The van der Waals surface area contributed by atoms with Gasteiger partial charge in [0.05, 0.1) is 11.1 Å². The minimum Gasteiger partial charge on any atom is -0.454 e. The van der Waals surface area contributed by atoms with E-state index in [-0.39, 0.29) is 11.1 Å². The molecule has 2 rings (SSSR count). The second kappa shape index (κ2) is 8.04. The van der Waals surface area contributed by atoms with E-state index < -0.39 is 42.9 Å². The standard InChI is InChI=1S/C16H17N3O6/c1-2-7-17-16(24)18-12(20)9-25-13(21)8-19-14(22)10-5-3-4-6-11(10)15(19)23/h3-6H,2,7-9H2,1H3,(H2,17,18,20,24). The summed E-state index contributed by atoms with van der Waals surface area (Å²) >= 11 is 0. The smallest absolute Gasteiger partial charge is 0.326 e. The second-order valence-corrected chi connectivity index (χ2v) is 5.21. The van der Waals surface area contributed by atoms with E-state index in [2.05, 4.69) is 10.1 Å². The molecule has 132 valence electrons. The number of carbonyl (C=O) groups is 5. The summed E-state index contributed by atoms with van der Waals surface area (Å²) in [6, 6.07) is 5.51. The van der Waals surface area contributed by atoms with Crippen molar-refractivity contribution in [3.8, 4) is 0 Å². The van der Waals surface area contributed by atoms with E-state index in [1.165, 1.54) is 12.1 Å². The fourth-order valence-corrected chi connectivity index (χ4v) is 2.15. The molecule has 0 bridgehead atoms. The molecule has 0 saturated carbocycles. The van der Waals surface area contributed by atoms with Crippen molar-refractivity contribution in [3.05, 3.63) is 35.4 Å². The molecule has 0 unspecified atom stereocenters. The van der Waals surface area contributed by atoms with Crippen LogP contribution in [-0.2, 0) is 14.3 Å². The average Bonchev–Trinajstić information content (AvgIpc) is 2.83. The molecule has 0 saturated heterocycles. The molecular weight excluding hydrogens is 330 g/mol. The largest absolute Gasteiger partial charge is 0.454 e. The molecule has 1 aromatic carbocycles. The number of imide groups is 2. The van der Waals surface area contributed by atoms with E-state index in [0.717, 1.165) is 4.90 Å². The van der Waals surface area contributed by atoms with Crippen LogP contribution in [0.1, 0.15) is 34.1 Å². The third-order valence-electron chi connectivity index (χ3n) is 3.32. The first-order valence-electron chi connectivity index (χ1n) is 7.62. The summed E-state index contributed by atoms with van der Waals surface area (Å²) in [5.74, 6) is -2.94. The van der Waals surface area contributed by atoms with Gasteiger partial charge in [-0.2, -0.15) is 0 Å². The van der Waals surface area contributed by atoms with Crippen molar-refractivity contribution in [1.29, 1.82) is 0 Å². The summed E-state index contributed by atoms with van der Waals surface area (Å²) in [4.78, 5) is 59.4. The first kappa shape index (κ1) is 18.1. The monoisotopic (exact) mass is 347 g/mol. The molecule has 1 aliphatic heterocycles. The minimum absolute atomic E-state index is 0.214. The zero-order chi connectivity index (χ0) is 18.4. The van der Waals surface area contributed by atoms with Crippen LogP contribution in [0.3, 0.4) is 0 Å². The molecule has 0 radical (unpaired) electrons. The Morgan fingerprint density at radius 1 is 1.08 bits per heavy atom. The summed E-state index contributed by atoms with van der Waals surface area (Å²) in [5.41, 5.74) is 0.427. The van der Waals surface area contributed by atoms with Crippen molar-refractivity contribution >= 4 is 29.7 Å². The number of rotatable bonds is 6. The number of carbonyl (C=O) groups excluding carboxylic acids is 5. The molecule has 0 fully saturated rings. The van der Waals surface area contributed by atoms with Crippen LogP contribution < -0.4 is 10.6 Å². The topological polar surface area (TPSA) is 122 Å². The number of nitrogens with zero attached hydrogens (tertiary/aromatic N) is 1. The van der Waals surface area contributed by atoms with Gasteiger partial charge in [-0.25, -0.2) is 4.79 Å².